The zero-order chi connectivity index (χ0) is 25.0. The van der Waals surface area contributed by atoms with Gasteiger partial charge in [-0.3, -0.25) is 24.1 Å². The maximum Gasteiger partial charge on any atom is 0.352 e. The number of aliphatic carboxylic acids is 1. The van der Waals surface area contributed by atoms with Gasteiger partial charge in [-0.25, -0.2) is 9.78 Å². The van der Waals surface area contributed by atoms with E-state index in [-0.39, 0.29) is 46.0 Å². The summed E-state index contributed by atoms with van der Waals surface area (Å²) in [5.74, 6) is -3.93. The first-order chi connectivity index (χ1) is 16.2. The third-order valence-corrected chi connectivity index (χ3v) is 6.84. The number of esters is 1. The van der Waals surface area contributed by atoms with E-state index in [0.29, 0.717) is 0 Å². The Kier molecular flexibility index (Phi) is 8.11. The van der Waals surface area contributed by atoms with E-state index in [4.69, 9.17) is 21.2 Å². The normalized spacial score (nSPS) is 19.7. The molecule has 0 spiro atoms. The van der Waals surface area contributed by atoms with Gasteiger partial charge in [-0.15, -0.1) is 34.7 Å². The Bertz CT molecular complexity index is 1100. The molecule has 13 nitrogen and oxygen atoms in total. The number of hydrogen-bond donors (Lipinski definition) is 3. The molecule has 34 heavy (non-hydrogen) atoms. The number of anilines is 1. The van der Waals surface area contributed by atoms with Crippen LogP contribution in [0, 0.1) is 0 Å². The van der Waals surface area contributed by atoms with Crippen LogP contribution in [0.5, 0.6) is 0 Å². The molecule has 1 aromatic rings. The summed E-state index contributed by atoms with van der Waals surface area (Å²) in [6, 6.07) is -1.03. The molecule has 0 bridgehead atoms. The van der Waals surface area contributed by atoms with Gasteiger partial charge in [0.15, 0.2) is 10.8 Å². The van der Waals surface area contributed by atoms with Crippen LogP contribution in [0.15, 0.2) is 21.8 Å². The molecule has 0 radical (unpaired) electrons. The zero-order valence-electron chi connectivity index (χ0n) is 17.7. The van der Waals surface area contributed by atoms with Crippen molar-refractivity contribution in [1.82, 2.24) is 15.2 Å². The summed E-state index contributed by atoms with van der Waals surface area (Å²) in [5, 5.41) is 19.2. The van der Waals surface area contributed by atoms with Gasteiger partial charge >= 0.3 is 11.9 Å². The summed E-state index contributed by atoms with van der Waals surface area (Å²) < 4.78 is 4.89. The molecule has 2 aliphatic rings. The highest BCUT2D eigenvalue weighted by Gasteiger charge is 2.54. The largest absolute Gasteiger partial charge is 0.477 e. The molecule has 3 amide bonds. The predicted molar refractivity (Wildman–Crippen MR) is 121 cm³/mol. The molecule has 3 rings (SSSR count). The Labute approximate surface area is 205 Å². The van der Waals surface area contributed by atoms with E-state index in [2.05, 4.69) is 20.8 Å². The minimum absolute atomic E-state index is 0.0870. The number of fused-ring (bicyclic) bond motifs is 1. The van der Waals surface area contributed by atoms with Crippen molar-refractivity contribution >= 4 is 75.2 Å². The number of halogens is 1. The molecule has 0 aliphatic carbocycles. The van der Waals surface area contributed by atoms with Crippen LogP contribution in [0.1, 0.15) is 12.6 Å². The summed E-state index contributed by atoms with van der Waals surface area (Å²) >= 11 is 7.69. The summed E-state index contributed by atoms with van der Waals surface area (Å²) in [6.07, 6.45) is 0. The quantitative estimate of drug-likeness (QED) is 0.129. The number of rotatable bonds is 9. The molecule has 3 heterocycles. The minimum atomic E-state index is -1.35. The van der Waals surface area contributed by atoms with E-state index in [0.717, 1.165) is 16.2 Å². The Morgan fingerprint density at radius 2 is 2.12 bits per heavy atom. The number of oxime groups is 1. The molecular weight excluding hydrogens is 514 g/mol. The van der Waals surface area contributed by atoms with Crippen molar-refractivity contribution in [2.75, 3.05) is 30.7 Å². The van der Waals surface area contributed by atoms with Gasteiger partial charge in [0.25, 0.3) is 11.8 Å². The first kappa shape index (κ1) is 25.5. The topological polar surface area (TPSA) is 177 Å². The number of nitrogens with zero attached hydrogens (tertiary/aromatic N) is 3. The third-order valence-electron chi connectivity index (χ3n) is 4.50. The smallest absolute Gasteiger partial charge is 0.352 e. The van der Waals surface area contributed by atoms with Crippen LogP contribution in [0.2, 0.25) is 0 Å². The molecule has 1 saturated heterocycles. The molecule has 2 atom stereocenters. The molecular formula is C18H18ClN5O8S2. The number of ether oxygens (including phenoxy) is 1. The maximum atomic E-state index is 12.9. The number of β-lactam (4-membered cyclic amide) rings is 1. The Hall–Kier alpha value is -3.17. The van der Waals surface area contributed by atoms with Gasteiger partial charge in [0.2, 0.25) is 5.91 Å². The minimum Gasteiger partial charge on any atom is -0.477 e. The number of thiazole rings is 1. The fourth-order valence-corrected chi connectivity index (χ4v) is 5.19. The number of carbonyl (C=O) groups excluding carboxylic acids is 4. The average molecular weight is 532 g/mol. The van der Waals surface area contributed by atoms with Crippen molar-refractivity contribution in [3.05, 3.63) is 22.3 Å². The van der Waals surface area contributed by atoms with Gasteiger partial charge in [-0.05, 0) is 0 Å². The highest BCUT2D eigenvalue weighted by Crippen LogP contribution is 2.40. The molecule has 0 saturated carbocycles. The number of amides is 3. The first-order valence-corrected chi connectivity index (χ1v) is 11.9. The summed E-state index contributed by atoms with van der Waals surface area (Å²) in [7, 11) is 1.22. The fraction of sp³-hybridized carbons (Fsp3) is 0.389. The summed E-state index contributed by atoms with van der Waals surface area (Å²) in [5.41, 5.74) is -0.158. The SMILES string of the molecule is CON=C(C(=O)NC1C(=O)N2C(C(=O)O)=C(COC(C)=O)CS[C@@H]12)c1csc(NC(=O)CCl)n1. The van der Waals surface area contributed by atoms with Crippen molar-refractivity contribution in [2.24, 2.45) is 5.16 Å². The fourth-order valence-electron chi connectivity index (χ4n) is 3.08. The van der Waals surface area contributed by atoms with Crippen LogP contribution in [0.25, 0.3) is 0 Å². The molecule has 1 aromatic heterocycles. The van der Waals surface area contributed by atoms with Gasteiger partial charge in [-0.2, -0.15) is 0 Å². The second-order valence-corrected chi connectivity index (χ2v) is 8.97. The van der Waals surface area contributed by atoms with Crippen molar-refractivity contribution in [3.8, 4) is 0 Å². The Balaban J connectivity index is 1.75. The molecule has 16 heteroatoms. The molecule has 2 aliphatic heterocycles. The van der Waals surface area contributed by atoms with Crippen LogP contribution in [0.4, 0.5) is 5.13 Å². The summed E-state index contributed by atoms with van der Waals surface area (Å²) in [4.78, 5) is 69.8. The van der Waals surface area contributed by atoms with Crippen molar-refractivity contribution < 1.29 is 38.7 Å². The second-order valence-electron chi connectivity index (χ2n) is 6.74. The number of carboxylic acid groups (broad SMARTS) is 1. The van der Waals surface area contributed by atoms with E-state index in [1.165, 1.54) is 31.2 Å². The first-order valence-electron chi connectivity index (χ1n) is 9.45. The van der Waals surface area contributed by atoms with Gasteiger partial charge < -0.3 is 25.3 Å². The van der Waals surface area contributed by atoms with E-state index in [1.807, 2.05) is 0 Å². The van der Waals surface area contributed by atoms with Crippen LogP contribution < -0.4 is 10.6 Å². The lowest BCUT2D eigenvalue weighted by Gasteiger charge is -2.49. The Morgan fingerprint density at radius 1 is 1.38 bits per heavy atom. The number of hydrogen-bond acceptors (Lipinski definition) is 11. The van der Waals surface area contributed by atoms with Crippen LogP contribution >= 0.6 is 34.7 Å². The third kappa shape index (κ3) is 5.31. The molecule has 3 N–H and O–H groups in total. The van der Waals surface area contributed by atoms with E-state index in [9.17, 15) is 29.1 Å². The van der Waals surface area contributed by atoms with Crippen LogP contribution in [0.3, 0.4) is 0 Å². The van der Waals surface area contributed by atoms with Crippen LogP contribution in [-0.2, 0) is 33.5 Å². The van der Waals surface area contributed by atoms with E-state index in [1.54, 1.807) is 0 Å². The van der Waals surface area contributed by atoms with Gasteiger partial charge in [0, 0.05) is 23.6 Å². The number of thioether (sulfide) groups is 1. The standard InChI is InChI=1S/C18H18ClN5O8S2/c1-7(25)32-4-8-5-33-16-12(15(28)24(16)13(8)17(29)30)22-14(27)11(23-31-2)9-6-34-18(20-9)21-10(26)3-19/h6,12,16H,3-5H2,1-2H3,(H,22,27)(H,29,30)(H,20,21,26)/t12?,16-/m0/s1. The molecule has 182 valence electrons. The maximum absolute atomic E-state index is 12.9. The number of carbonyl (C=O) groups is 5. The number of nitrogens with one attached hydrogen (secondary N) is 2. The number of alkyl halides is 1. The predicted octanol–water partition coefficient (Wildman–Crippen LogP) is -0.0274. The lowest BCUT2D eigenvalue weighted by molar-refractivity contribution is -0.150. The highest BCUT2D eigenvalue weighted by molar-refractivity contribution is 8.00. The van der Waals surface area contributed by atoms with E-state index >= 15 is 0 Å². The number of aromatic nitrogens is 1. The monoisotopic (exact) mass is 531 g/mol. The molecule has 0 aromatic carbocycles. The van der Waals surface area contributed by atoms with E-state index < -0.39 is 41.1 Å². The second kappa shape index (κ2) is 10.8. The summed E-state index contributed by atoms with van der Waals surface area (Å²) in [6.45, 7) is 0.935. The van der Waals surface area contributed by atoms with Crippen molar-refractivity contribution in [1.29, 1.82) is 0 Å². The average Bonchev–Trinajstić information content (AvgIpc) is 3.26. The molecule has 1 fully saturated rings. The van der Waals surface area contributed by atoms with Crippen LogP contribution in [-0.4, -0.2) is 87.1 Å². The highest BCUT2D eigenvalue weighted by atomic mass is 35.5. The number of carboxylic acids is 1. The van der Waals surface area contributed by atoms with Crippen molar-refractivity contribution in [3.63, 3.8) is 0 Å². The molecule has 1 unspecified atom stereocenters. The lowest BCUT2D eigenvalue weighted by atomic mass is 10.0. The lowest BCUT2D eigenvalue weighted by Crippen LogP contribution is -2.71. The van der Waals surface area contributed by atoms with Crippen molar-refractivity contribution in [2.45, 2.75) is 18.3 Å². The van der Waals surface area contributed by atoms with Gasteiger partial charge in [-0.1, -0.05) is 5.16 Å². The Morgan fingerprint density at radius 3 is 2.74 bits per heavy atom. The van der Waals surface area contributed by atoms with Gasteiger partial charge in [0.05, 0.1) is 0 Å². The van der Waals surface area contributed by atoms with Gasteiger partial charge in [0.1, 0.15) is 42.4 Å². The zero-order valence-corrected chi connectivity index (χ0v) is 20.1.